The monoisotopic (exact) mass is 294 g/mol. The van der Waals surface area contributed by atoms with Crippen molar-refractivity contribution in [3.63, 3.8) is 0 Å². The Morgan fingerprint density at radius 1 is 1.00 bits per heavy atom. The van der Waals surface area contributed by atoms with E-state index < -0.39 is 6.10 Å². The number of aliphatic hydroxyl groups is 1. The Hall–Kier alpha value is -1.02. The Bertz CT molecular complexity index is 593. The molecule has 0 radical (unpaired) electrons. The molecule has 2 aromatic rings. The van der Waals surface area contributed by atoms with Crippen LogP contribution in [0.1, 0.15) is 28.4 Å². The van der Waals surface area contributed by atoms with Gasteiger partial charge in [-0.15, -0.1) is 0 Å². The summed E-state index contributed by atoms with van der Waals surface area (Å²) >= 11 is 12.1. The second kappa shape index (κ2) is 5.96. The van der Waals surface area contributed by atoms with E-state index in [1.54, 1.807) is 18.2 Å². The first kappa shape index (κ1) is 14.4. The Morgan fingerprint density at radius 3 is 2.42 bits per heavy atom. The minimum absolute atomic E-state index is 0.460. The summed E-state index contributed by atoms with van der Waals surface area (Å²) in [6.45, 7) is 4.09. The number of aliphatic hydroxyl groups excluding tert-OH is 1. The highest BCUT2D eigenvalue weighted by molar-refractivity contribution is 6.33. The first-order valence-electron chi connectivity index (χ1n) is 6.16. The molecule has 0 aliphatic heterocycles. The Balaban J connectivity index is 2.22. The van der Waals surface area contributed by atoms with Gasteiger partial charge in [-0.25, -0.2) is 0 Å². The normalized spacial score (nSPS) is 12.5. The van der Waals surface area contributed by atoms with E-state index in [9.17, 15) is 5.11 Å². The average Bonchev–Trinajstić information content (AvgIpc) is 2.37. The lowest BCUT2D eigenvalue weighted by Crippen LogP contribution is -2.03. The smallest absolute Gasteiger partial charge is 0.0831 e. The topological polar surface area (TPSA) is 20.2 Å². The highest BCUT2D eigenvalue weighted by atomic mass is 35.5. The largest absolute Gasteiger partial charge is 0.388 e. The summed E-state index contributed by atoms with van der Waals surface area (Å²) in [4.78, 5) is 0. The number of aryl methyl sites for hydroxylation is 2. The van der Waals surface area contributed by atoms with Crippen molar-refractivity contribution in [3.05, 3.63) is 68.7 Å². The molecule has 0 amide bonds. The van der Waals surface area contributed by atoms with Crippen molar-refractivity contribution in [2.45, 2.75) is 26.4 Å². The molecule has 1 atom stereocenters. The number of halogens is 2. The second-order valence-corrected chi connectivity index (χ2v) is 5.64. The standard InChI is InChI=1S/C16H16Cl2O/c1-10-3-4-12(7-11(10)2)16(19)9-13-8-14(17)5-6-15(13)18/h3-8,16,19H,9H2,1-2H3. The molecular weight excluding hydrogens is 279 g/mol. The Morgan fingerprint density at radius 2 is 1.74 bits per heavy atom. The molecule has 1 nitrogen and oxygen atoms in total. The van der Waals surface area contributed by atoms with Crippen LogP contribution in [0.5, 0.6) is 0 Å². The quantitative estimate of drug-likeness (QED) is 0.855. The van der Waals surface area contributed by atoms with Crippen LogP contribution in [0.25, 0.3) is 0 Å². The van der Waals surface area contributed by atoms with Gasteiger partial charge >= 0.3 is 0 Å². The summed E-state index contributed by atoms with van der Waals surface area (Å²) in [5, 5.41) is 11.6. The van der Waals surface area contributed by atoms with E-state index in [2.05, 4.69) is 6.92 Å². The molecule has 0 saturated carbocycles. The van der Waals surface area contributed by atoms with Crippen LogP contribution in [0.15, 0.2) is 36.4 Å². The van der Waals surface area contributed by atoms with E-state index in [4.69, 9.17) is 23.2 Å². The SMILES string of the molecule is Cc1ccc(C(O)Cc2cc(Cl)ccc2Cl)cc1C. The van der Waals surface area contributed by atoms with Gasteiger partial charge in [0.2, 0.25) is 0 Å². The third kappa shape index (κ3) is 3.50. The van der Waals surface area contributed by atoms with Crippen molar-refractivity contribution in [1.82, 2.24) is 0 Å². The lowest BCUT2D eigenvalue weighted by Gasteiger charge is -2.14. The number of benzene rings is 2. The molecule has 2 rings (SSSR count). The number of hydrogen-bond acceptors (Lipinski definition) is 1. The molecule has 0 fully saturated rings. The molecule has 0 aliphatic carbocycles. The van der Waals surface area contributed by atoms with Crippen molar-refractivity contribution in [2.75, 3.05) is 0 Å². The van der Waals surface area contributed by atoms with Crippen LogP contribution in [-0.4, -0.2) is 5.11 Å². The lowest BCUT2D eigenvalue weighted by molar-refractivity contribution is 0.178. The molecule has 19 heavy (non-hydrogen) atoms. The molecule has 1 unspecified atom stereocenters. The second-order valence-electron chi connectivity index (χ2n) is 4.80. The maximum atomic E-state index is 10.3. The summed E-state index contributed by atoms with van der Waals surface area (Å²) < 4.78 is 0. The van der Waals surface area contributed by atoms with Gasteiger partial charge in [-0.1, -0.05) is 41.4 Å². The van der Waals surface area contributed by atoms with Gasteiger partial charge in [-0.2, -0.15) is 0 Å². The van der Waals surface area contributed by atoms with Crippen LogP contribution in [0.4, 0.5) is 0 Å². The van der Waals surface area contributed by atoms with Gasteiger partial charge in [0.15, 0.2) is 0 Å². The van der Waals surface area contributed by atoms with Gasteiger partial charge in [0.1, 0.15) is 0 Å². The maximum absolute atomic E-state index is 10.3. The predicted octanol–water partition coefficient (Wildman–Crippen LogP) is 4.89. The molecule has 0 spiro atoms. The fraction of sp³-hybridized carbons (Fsp3) is 0.250. The van der Waals surface area contributed by atoms with Gasteiger partial charge in [0.25, 0.3) is 0 Å². The minimum Gasteiger partial charge on any atom is -0.388 e. The molecule has 0 heterocycles. The molecule has 2 aromatic carbocycles. The minimum atomic E-state index is -0.574. The van der Waals surface area contributed by atoms with E-state index in [-0.39, 0.29) is 0 Å². The molecule has 0 saturated heterocycles. The lowest BCUT2D eigenvalue weighted by atomic mass is 9.98. The summed E-state index contributed by atoms with van der Waals surface area (Å²) in [7, 11) is 0. The maximum Gasteiger partial charge on any atom is 0.0831 e. The zero-order valence-corrected chi connectivity index (χ0v) is 12.5. The van der Waals surface area contributed by atoms with E-state index in [1.165, 1.54) is 11.1 Å². The zero-order valence-electron chi connectivity index (χ0n) is 11.0. The Labute approximate surface area is 123 Å². The molecule has 1 N–H and O–H groups in total. The highest BCUT2D eigenvalue weighted by Crippen LogP contribution is 2.27. The van der Waals surface area contributed by atoms with Gasteiger partial charge < -0.3 is 5.11 Å². The first-order valence-corrected chi connectivity index (χ1v) is 6.92. The van der Waals surface area contributed by atoms with Crippen molar-refractivity contribution in [2.24, 2.45) is 0 Å². The van der Waals surface area contributed by atoms with Gasteiger partial charge in [0, 0.05) is 16.5 Å². The third-order valence-electron chi connectivity index (χ3n) is 3.34. The fourth-order valence-corrected chi connectivity index (χ4v) is 2.39. The van der Waals surface area contributed by atoms with Crippen LogP contribution in [0.2, 0.25) is 10.0 Å². The molecule has 0 aliphatic rings. The highest BCUT2D eigenvalue weighted by Gasteiger charge is 2.12. The van der Waals surface area contributed by atoms with Crippen LogP contribution >= 0.6 is 23.2 Å². The number of hydrogen-bond donors (Lipinski definition) is 1. The summed E-state index contributed by atoms with van der Waals surface area (Å²) in [6.07, 6.45) is -0.114. The average molecular weight is 295 g/mol. The summed E-state index contributed by atoms with van der Waals surface area (Å²) in [5.74, 6) is 0. The third-order valence-corrected chi connectivity index (χ3v) is 3.94. The zero-order chi connectivity index (χ0) is 14.0. The summed E-state index contributed by atoms with van der Waals surface area (Å²) in [6, 6.07) is 11.3. The molecule has 3 heteroatoms. The molecule has 0 aromatic heterocycles. The van der Waals surface area contributed by atoms with Crippen LogP contribution in [-0.2, 0) is 6.42 Å². The van der Waals surface area contributed by atoms with E-state index in [0.29, 0.717) is 16.5 Å². The van der Waals surface area contributed by atoms with Gasteiger partial charge in [0.05, 0.1) is 6.10 Å². The van der Waals surface area contributed by atoms with Crippen molar-refractivity contribution >= 4 is 23.2 Å². The van der Waals surface area contributed by atoms with Crippen LogP contribution in [0.3, 0.4) is 0 Å². The van der Waals surface area contributed by atoms with Crippen molar-refractivity contribution in [3.8, 4) is 0 Å². The Kier molecular flexibility index (Phi) is 4.51. The summed E-state index contributed by atoms with van der Waals surface area (Å²) in [5.41, 5.74) is 4.16. The van der Waals surface area contributed by atoms with Crippen molar-refractivity contribution < 1.29 is 5.11 Å². The van der Waals surface area contributed by atoms with Crippen LogP contribution in [0, 0.1) is 13.8 Å². The molecule has 0 bridgehead atoms. The van der Waals surface area contributed by atoms with Gasteiger partial charge in [-0.05, 0) is 54.3 Å². The van der Waals surface area contributed by atoms with Crippen LogP contribution < -0.4 is 0 Å². The van der Waals surface area contributed by atoms with E-state index >= 15 is 0 Å². The number of rotatable bonds is 3. The fourth-order valence-electron chi connectivity index (χ4n) is 2.00. The predicted molar refractivity (Wildman–Crippen MR) is 81.0 cm³/mol. The van der Waals surface area contributed by atoms with Crippen molar-refractivity contribution in [1.29, 1.82) is 0 Å². The first-order chi connectivity index (χ1) is 8.97. The molecular formula is C16H16Cl2O. The van der Waals surface area contributed by atoms with E-state index in [0.717, 1.165) is 11.1 Å². The molecule has 100 valence electrons. The van der Waals surface area contributed by atoms with Gasteiger partial charge in [-0.3, -0.25) is 0 Å². The van der Waals surface area contributed by atoms with E-state index in [1.807, 2.05) is 25.1 Å².